The Bertz CT molecular complexity index is 349. The normalized spacial score (nSPS) is 67.0. The molecule has 1 aliphatic carbocycles. The van der Waals surface area contributed by atoms with Crippen molar-refractivity contribution >= 4 is 63.7 Å². The quantitative estimate of drug-likeness (QED) is 0.401. The van der Waals surface area contributed by atoms with Crippen LogP contribution in [0.15, 0.2) is 12.2 Å². The Morgan fingerprint density at radius 2 is 1.21 bits per heavy atom. The zero-order valence-electron chi connectivity index (χ0n) is 7.57. The molecule has 78 valence electrons. The lowest BCUT2D eigenvalue weighted by atomic mass is 9.91. The predicted octanol–water partition coefficient (Wildman–Crippen LogP) is 3.87. The van der Waals surface area contributed by atoms with Crippen LogP contribution < -0.4 is 0 Å². The lowest BCUT2D eigenvalue weighted by molar-refractivity contribution is -0.0329. The van der Waals surface area contributed by atoms with Gasteiger partial charge in [0.15, 0.2) is 0 Å². The summed E-state index contributed by atoms with van der Waals surface area (Å²) in [5, 5.41) is 0. The fourth-order valence-electron chi connectivity index (χ4n) is 2.92. The van der Waals surface area contributed by atoms with E-state index >= 15 is 0 Å². The van der Waals surface area contributed by atoms with Crippen molar-refractivity contribution in [3.63, 3.8) is 0 Å². The molecular formula is C9H8Br4O. The van der Waals surface area contributed by atoms with Gasteiger partial charge in [-0.3, -0.25) is 0 Å². The van der Waals surface area contributed by atoms with Crippen LogP contribution in [0.25, 0.3) is 0 Å². The summed E-state index contributed by atoms with van der Waals surface area (Å²) in [7, 11) is 0. The Kier molecular flexibility index (Phi) is 1.74. The van der Waals surface area contributed by atoms with Gasteiger partial charge in [0.05, 0.1) is 0 Å². The number of halogens is 4. The minimum Gasteiger partial charge on any atom is -0.358 e. The first-order chi connectivity index (χ1) is 6.16. The van der Waals surface area contributed by atoms with Gasteiger partial charge in [0, 0.05) is 0 Å². The van der Waals surface area contributed by atoms with Crippen LogP contribution >= 0.6 is 63.7 Å². The molecule has 0 aromatic rings. The standard InChI is InChI=1S/C9H8Br4O/c1-5-3-4-6(2,14-5)8(11)7(5,10)9(8,12)13/h3-4H,1-2H3/t5-,6+,7?,8?. The fourth-order valence-corrected chi connectivity index (χ4v) is 9.02. The van der Waals surface area contributed by atoms with Crippen molar-refractivity contribution in [1.29, 1.82) is 0 Å². The van der Waals surface area contributed by atoms with Gasteiger partial charge in [-0.1, -0.05) is 75.9 Å². The predicted molar refractivity (Wildman–Crippen MR) is 70.9 cm³/mol. The average molecular weight is 452 g/mol. The molecule has 2 aliphatic heterocycles. The molecule has 3 aliphatic rings. The molecule has 14 heavy (non-hydrogen) atoms. The summed E-state index contributed by atoms with van der Waals surface area (Å²) >= 11 is 15.1. The largest absolute Gasteiger partial charge is 0.358 e. The van der Waals surface area contributed by atoms with Crippen molar-refractivity contribution in [2.45, 2.75) is 36.9 Å². The van der Waals surface area contributed by atoms with Crippen molar-refractivity contribution in [2.75, 3.05) is 0 Å². The smallest absolute Gasteiger partial charge is 0.120 e. The minimum absolute atomic E-state index is 0.135. The van der Waals surface area contributed by atoms with Crippen molar-refractivity contribution in [3.05, 3.63) is 12.2 Å². The van der Waals surface area contributed by atoms with Gasteiger partial charge in [-0.2, -0.15) is 0 Å². The maximum Gasteiger partial charge on any atom is 0.120 e. The zero-order valence-corrected chi connectivity index (χ0v) is 13.9. The third-order valence-corrected chi connectivity index (χ3v) is 12.8. The van der Waals surface area contributed by atoms with Crippen molar-refractivity contribution in [3.8, 4) is 0 Å². The monoisotopic (exact) mass is 448 g/mol. The molecule has 2 bridgehead atoms. The topological polar surface area (TPSA) is 9.23 Å². The van der Waals surface area contributed by atoms with Crippen LogP contribution in [-0.2, 0) is 4.74 Å². The Morgan fingerprint density at radius 3 is 1.50 bits per heavy atom. The van der Waals surface area contributed by atoms with E-state index in [0.29, 0.717) is 0 Å². The molecule has 2 unspecified atom stereocenters. The van der Waals surface area contributed by atoms with Gasteiger partial charge < -0.3 is 4.74 Å². The SMILES string of the molecule is C[C@]12C=C[C@](C)(O1)C1(Br)C(Br)(Br)C12Br. The summed E-state index contributed by atoms with van der Waals surface area (Å²) in [4.78, 5) is 0. The summed E-state index contributed by atoms with van der Waals surface area (Å²) in [6, 6.07) is 0. The third kappa shape index (κ3) is 0.653. The highest BCUT2D eigenvalue weighted by molar-refractivity contribution is 9.28. The highest BCUT2D eigenvalue weighted by Gasteiger charge is 3.00. The van der Waals surface area contributed by atoms with Gasteiger partial charge in [0.1, 0.15) is 23.1 Å². The molecule has 5 heteroatoms. The second-order valence-electron chi connectivity index (χ2n) is 4.54. The second-order valence-corrected chi connectivity index (χ2v) is 10.4. The third-order valence-electron chi connectivity index (χ3n) is 3.79. The van der Waals surface area contributed by atoms with Crippen molar-refractivity contribution in [2.24, 2.45) is 0 Å². The van der Waals surface area contributed by atoms with Gasteiger partial charge in [-0.15, -0.1) is 0 Å². The molecule has 2 fully saturated rings. The van der Waals surface area contributed by atoms with E-state index in [0.717, 1.165) is 0 Å². The Balaban J connectivity index is 2.29. The number of alkyl halides is 4. The molecule has 0 N–H and O–H groups in total. The maximum atomic E-state index is 6.09. The molecule has 2 heterocycles. The number of ether oxygens (including phenoxy) is 1. The van der Waals surface area contributed by atoms with E-state index in [2.05, 4.69) is 89.7 Å². The Hall–Kier alpha value is 1.62. The first kappa shape index (κ1) is 10.8. The summed E-state index contributed by atoms with van der Waals surface area (Å²) in [5.74, 6) is 0. The minimum atomic E-state index is -0.266. The van der Waals surface area contributed by atoms with E-state index in [1.165, 1.54) is 0 Å². The van der Waals surface area contributed by atoms with Crippen LogP contribution in [0.5, 0.6) is 0 Å². The zero-order chi connectivity index (χ0) is 10.6. The van der Waals surface area contributed by atoms with Crippen LogP contribution in [0.1, 0.15) is 13.8 Å². The van der Waals surface area contributed by atoms with E-state index in [9.17, 15) is 0 Å². The van der Waals surface area contributed by atoms with Crippen molar-refractivity contribution < 1.29 is 4.74 Å². The lowest BCUT2D eigenvalue weighted by Crippen LogP contribution is -2.39. The van der Waals surface area contributed by atoms with Crippen LogP contribution in [0.4, 0.5) is 0 Å². The first-order valence-electron chi connectivity index (χ1n) is 4.32. The highest BCUT2D eigenvalue weighted by atomic mass is 79.9. The molecule has 3 rings (SSSR count). The average Bonchev–Trinajstić information content (AvgIpc) is 2.40. The Morgan fingerprint density at radius 1 is 0.857 bits per heavy atom. The van der Waals surface area contributed by atoms with Crippen LogP contribution in [0.2, 0.25) is 0 Å². The fraction of sp³-hybridized carbons (Fsp3) is 0.778. The molecule has 1 saturated heterocycles. The number of rotatable bonds is 0. The molecule has 1 nitrogen and oxygen atoms in total. The molecular weight excluding hydrogens is 444 g/mol. The maximum absolute atomic E-state index is 6.09. The van der Waals surface area contributed by atoms with Gasteiger partial charge in [-0.05, 0) is 13.8 Å². The van der Waals surface area contributed by atoms with Gasteiger partial charge in [-0.25, -0.2) is 0 Å². The van der Waals surface area contributed by atoms with E-state index in [-0.39, 0.29) is 23.1 Å². The summed E-state index contributed by atoms with van der Waals surface area (Å²) in [6.45, 7) is 4.22. The molecule has 0 radical (unpaired) electrons. The molecule has 0 spiro atoms. The van der Waals surface area contributed by atoms with E-state index in [1.807, 2.05) is 0 Å². The summed E-state index contributed by atoms with van der Waals surface area (Å²) in [6.07, 6.45) is 4.29. The van der Waals surface area contributed by atoms with E-state index in [4.69, 9.17) is 4.74 Å². The van der Waals surface area contributed by atoms with Gasteiger partial charge in [0.25, 0.3) is 0 Å². The van der Waals surface area contributed by atoms with Gasteiger partial charge >= 0.3 is 0 Å². The van der Waals surface area contributed by atoms with Crippen molar-refractivity contribution in [1.82, 2.24) is 0 Å². The molecule has 0 aromatic carbocycles. The lowest BCUT2D eigenvalue weighted by Gasteiger charge is -2.30. The van der Waals surface area contributed by atoms with Crippen LogP contribution in [0.3, 0.4) is 0 Å². The number of hydrogen-bond acceptors (Lipinski definition) is 1. The molecule has 1 saturated carbocycles. The van der Waals surface area contributed by atoms with E-state index < -0.39 is 0 Å². The summed E-state index contributed by atoms with van der Waals surface area (Å²) in [5.41, 5.74) is -0.531. The van der Waals surface area contributed by atoms with E-state index in [1.54, 1.807) is 0 Å². The first-order valence-corrected chi connectivity index (χ1v) is 7.50. The van der Waals surface area contributed by atoms with Gasteiger partial charge in [0.2, 0.25) is 0 Å². The second kappa shape index (κ2) is 2.26. The van der Waals surface area contributed by atoms with Crippen LogP contribution in [0, 0.1) is 0 Å². The Labute approximate surface area is 117 Å². The molecule has 0 amide bonds. The number of hydrogen-bond donors (Lipinski definition) is 0. The van der Waals surface area contributed by atoms with Crippen LogP contribution in [-0.4, -0.2) is 23.1 Å². The molecule has 4 atom stereocenters. The highest BCUT2D eigenvalue weighted by Crippen LogP contribution is 2.89. The number of fused-ring (bicyclic) bond motifs is 5. The summed E-state index contributed by atoms with van der Waals surface area (Å²) < 4.78 is 5.65. The molecule has 0 aromatic heterocycles.